The lowest BCUT2D eigenvalue weighted by atomic mass is 9.94. The molecule has 1 aliphatic heterocycles. The normalized spacial score (nSPS) is 14.3. The highest BCUT2D eigenvalue weighted by Crippen LogP contribution is 2.39. The zero-order valence-corrected chi connectivity index (χ0v) is 16.8. The lowest BCUT2D eigenvalue weighted by molar-refractivity contribution is 0.0300. The van der Waals surface area contributed by atoms with Crippen molar-refractivity contribution >= 4 is 5.91 Å². The Bertz CT molecular complexity index is 860. The second-order valence-electron chi connectivity index (χ2n) is 7.05. The topological polar surface area (TPSA) is 48.0 Å². The molecule has 0 bridgehead atoms. The van der Waals surface area contributed by atoms with Gasteiger partial charge in [-0.2, -0.15) is 0 Å². The Morgan fingerprint density at radius 1 is 1.07 bits per heavy atom. The number of nitrogens with zero attached hydrogens (tertiary/aromatic N) is 1. The van der Waals surface area contributed by atoms with Crippen LogP contribution in [0.15, 0.2) is 30.3 Å². The fraction of sp³-hybridized carbons (Fsp3) is 0.409. The van der Waals surface area contributed by atoms with Gasteiger partial charge in [0.25, 0.3) is 5.91 Å². The Hall–Kier alpha value is -2.60. The lowest BCUT2D eigenvalue weighted by Crippen LogP contribution is -2.41. The number of carbonyl (C=O) groups excluding carboxylic acids is 1. The molecule has 0 aliphatic carbocycles. The molecule has 1 heterocycles. The molecular weight excluding hydrogens is 361 g/mol. The van der Waals surface area contributed by atoms with Crippen molar-refractivity contribution in [1.29, 1.82) is 0 Å². The number of methoxy groups -OCH3 is 2. The molecule has 1 saturated heterocycles. The third-order valence-electron chi connectivity index (χ3n) is 4.98. The van der Waals surface area contributed by atoms with Crippen LogP contribution in [0.2, 0.25) is 0 Å². The van der Waals surface area contributed by atoms with Gasteiger partial charge in [-0.3, -0.25) is 4.79 Å². The van der Waals surface area contributed by atoms with Crippen LogP contribution in [0.3, 0.4) is 0 Å². The van der Waals surface area contributed by atoms with Crippen molar-refractivity contribution in [2.75, 3.05) is 40.5 Å². The maximum Gasteiger partial charge on any atom is 0.257 e. The molecular formula is C22H26FNO4. The summed E-state index contributed by atoms with van der Waals surface area (Å²) in [6, 6.07) is 8.42. The van der Waals surface area contributed by atoms with Crippen LogP contribution in [0.4, 0.5) is 4.39 Å². The molecule has 1 amide bonds. The van der Waals surface area contributed by atoms with Crippen LogP contribution in [0.25, 0.3) is 11.1 Å². The van der Waals surface area contributed by atoms with Gasteiger partial charge in [0, 0.05) is 24.7 Å². The standard InChI is InChI=1S/C22H26FNO4/c1-14(2)16-12-17(21(27-4)13-20(16)26-3)15-5-6-19(23)18(11-15)22(25)24-7-9-28-10-8-24/h5-6,11-14H,7-10H2,1-4H3. The molecule has 0 spiro atoms. The van der Waals surface area contributed by atoms with Crippen LogP contribution in [0.5, 0.6) is 11.5 Å². The Balaban J connectivity index is 2.06. The zero-order valence-electron chi connectivity index (χ0n) is 16.8. The van der Waals surface area contributed by atoms with Crippen LogP contribution in [-0.2, 0) is 4.74 Å². The van der Waals surface area contributed by atoms with Gasteiger partial charge in [0.2, 0.25) is 0 Å². The van der Waals surface area contributed by atoms with Gasteiger partial charge in [-0.15, -0.1) is 0 Å². The monoisotopic (exact) mass is 387 g/mol. The van der Waals surface area contributed by atoms with E-state index in [0.717, 1.165) is 22.4 Å². The summed E-state index contributed by atoms with van der Waals surface area (Å²) in [6.45, 7) is 6.02. The molecule has 0 aromatic heterocycles. The van der Waals surface area contributed by atoms with E-state index in [-0.39, 0.29) is 17.4 Å². The van der Waals surface area contributed by atoms with E-state index in [2.05, 4.69) is 13.8 Å². The Morgan fingerprint density at radius 2 is 1.75 bits per heavy atom. The highest BCUT2D eigenvalue weighted by molar-refractivity contribution is 5.96. The van der Waals surface area contributed by atoms with Crippen LogP contribution >= 0.6 is 0 Å². The maximum absolute atomic E-state index is 14.5. The van der Waals surface area contributed by atoms with Gasteiger partial charge in [-0.05, 0) is 35.2 Å². The van der Waals surface area contributed by atoms with E-state index in [9.17, 15) is 9.18 Å². The van der Waals surface area contributed by atoms with E-state index in [0.29, 0.717) is 32.1 Å². The predicted molar refractivity (Wildman–Crippen MR) is 106 cm³/mol. The summed E-state index contributed by atoms with van der Waals surface area (Å²) in [5.41, 5.74) is 2.59. The van der Waals surface area contributed by atoms with Crippen molar-refractivity contribution < 1.29 is 23.4 Å². The maximum atomic E-state index is 14.5. The van der Waals surface area contributed by atoms with Crippen LogP contribution in [0, 0.1) is 5.82 Å². The number of carbonyl (C=O) groups is 1. The number of morpholine rings is 1. The molecule has 1 aliphatic rings. The van der Waals surface area contributed by atoms with Gasteiger partial charge >= 0.3 is 0 Å². The molecule has 2 aromatic rings. The summed E-state index contributed by atoms with van der Waals surface area (Å²) < 4.78 is 30.8. The number of ether oxygens (including phenoxy) is 3. The van der Waals surface area contributed by atoms with Crippen LogP contribution < -0.4 is 9.47 Å². The van der Waals surface area contributed by atoms with Gasteiger partial charge in [-0.1, -0.05) is 19.9 Å². The fourth-order valence-corrected chi connectivity index (χ4v) is 3.39. The average Bonchev–Trinajstić information content (AvgIpc) is 2.73. The average molecular weight is 387 g/mol. The lowest BCUT2D eigenvalue weighted by Gasteiger charge is -2.27. The molecule has 0 saturated carbocycles. The highest BCUT2D eigenvalue weighted by atomic mass is 19.1. The molecule has 0 radical (unpaired) electrons. The first-order valence-electron chi connectivity index (χ1n) is 9.39. The van der Waals surface area contributed by atoms with E-state index in [1.54, 1.807) is 31.3 Å². The van der Waals surface area contributed by atoms with E-state index < -0.39 is 5.82 Å². The zero-order chi connectivity index (χ0) is 20.3. The first kappa shape index (κ1) is 20.1. The molecule has 0 N–H and O–H groups in total. The number of benzene rings is 2. The highest BCUT2D eigenvalue weighted by Gasteiger charge is 2.23. The van der Waals surface area contributed by atoms with Crippen LogP contribution in [0.1, 0.15) is 35.7 Å². The third-order valence-corrected chi connectivity index (χ3v) is 4.98. The van der Waals surface area contributed by atoms with E-state index in [1.807, 2.05) is 12.1 Å². The van der Waals surface area contributed by atoms with Crippen molar-refractivity contribution in [3.63, 3.8) is 0 Å². The number of hydrogen-bond donors (Lipinski definition) is 0. The molecule has 0 atom stereocenters. The van der Waals surface area contributed by atoms with Crippen molar-refractivity contribution in [3.8, 4) is 22.6 Å². The number of hydrogen-bond acceptors (Lipinski definition) is 4. The van der Waals surface area contributed by atoms with Gasteiger partial charge in [0.15, 0.2) is 0 Å². The quantitative estimate of drug-likeness (QED) is 0.775. The summed E-state index contributed by atoms with van der Waals surface area (Å²) in [4.78, 5) is 14.4. The molecule has 28 heavy (non-hydrogen) atoms. The smallest absolute Gasteiger partial charge is 0.257 e. The van der Waals surface area contributed by atoms with Crippen molar-refractivity contribution in [2.24, 2.45) is 0 Å². The minimum Gasteiger partial charge on any atom is -0.496 e. The second kappa shape index (κ2) is 8.61. The SMILES string of the molecule is COc1cc(OC)c(C(C)C)cc1-c1ccc(F)c(C(=O)N2CCOCC2)c1. The summed E-state index contributed by atoms with van der Waals surface area (Å²) in [6.07, 6.45) is 0. The molecule has 6 heteroatoms. The first-order chi connectivity index (χ1) is 13.5. The minimum absolute atomic E-state index is 0.0587. The summed E-state index contributed by atoms with van der Waals surface area (Å²) in [7, 11) is 3.20. The van der Waals surface area contributed by atoms with Gasteiger partial charge in [0.05, 0.1) is 33.0 Å². The van der Waals surface area contributed by atoms with Crippen molar-refractivity contribution in [1.82, 2.24) is 4.90 Å². The van der Waals surface area contributed by atoms with Gasteiger partial charge < -0.3 is 19.1 Å². The molecule has 2 aromatic carbocycles. The number of halogens is 1. The van der Waals surface area contributed by atoms with Gasteiger partial charge in [0.1, 0.15) is 17.3 Å². The van der Waals surface area contributed by atoms with E-state index in [4.69, 9.17) is 14.2 Å². The Labute approximate surface area is 165 Å². The summed E-state index contributed by atoms with van der Waals surface area (Å²) in [5.74, 6) is 0.727. The fourth-order valence-electron chi connectivity index (χ4n) is 3.39. The van der Waals surface area contributed by atoms with Gasteiger partial charge in [-0.25, -0.2) is 4.39 Å². The summed E-state index contributed by atoms with van der Waals surface area (Å²) in [5, 5.41) is 0. The number of rotatable bonds is 5. The minimum atomic E-state index is -0.531. The predicted octanol–water partition coefficient (Wildman–Crippen LogP) is 4.11. The molecule has 150 valence electrons. The van der Waals surface area contributed by atoms with Crippen molar-refractivity contribution in [2.45, 2.75) is 19.8 Å². The molecule has 1 fully saturated rings. The third kappa shape index (κ3) is 3.97. The Kier molecular flexibility index (Phi) is 6.19. The molecule has 0 unspecified atom stereocenters. The van der Waals surface area contributed by atoms with E-state index >= 15 is 0 Å². The second-order valence-corrected chi connectivity index (χ2v) is 7.05. The Morgan fingerprint density at radius 3 is 2.36 bits per heavy atom. The largest absolute Gasteiger partial charge is 0.496 e. The molecule has 3 rings (SSSR count). The summed E-state index contributed by atoms with van der Waals surface area (Å²) >= 11 is 0. The van der Waals surface area contributed by atoms with Crippen molar-refractivity contribution in [3.05, 3.63) is 47.3 Å². The molecule has 5 nitrogen and oxygen atoms in total. The van der Waals surface area contributed by atoms with E-state index in [1.165, 1.54) is 6.07 Å². The van der Waals surface area contributed by atoms with Crippen LogP contribution in [-0.4, -0.2) is 51.3 Å². The number of amides is 1. The first-order valence-corrected chi connectivity index (χ1v) is 9.39.